The molecule has 2 atom stereocenters. The molecule has 1 saturated carbocycles. The maximum atomic E-state index is 14.2. The Morgan fingerprint density at radius 2 is 2.06 bits per heavy atom. The number of piperidine rings is 1. The summed E-state index contributed by atoms with van der Waals surface area (Å²) in [6.45, 7) is 9.98. The molecule has 0 unspecified atom stereocenters. The summed E-state index contributed by atoms with van der Waals surface area (Å²) >= 11 is 0. The summed E-state index contributed by atoms with van der Waals surface area (Å²) in [6, 6.07) is 5.90. The molecule has 4 fully saturated rings. The predicted octanol–water partition coefficient (Wildman–Crippen LogP) is 3.57. The van der Waals surface area contributed by atoms with Gasteiger partial charge in [-0.2, -0.15) is 0 Å². The second kappa shape index (κ2) is 9.26. The molecule has 36 heavy (non-hydrogen) atoms. The van der Waals surface area contributed by atoms with Gasteiger partial charge in [-0.25, -0.2) is 4.39 Å². The smallest absolute Gasteiger partial charge is 0.318 e. The average Bonchev–Trinajstić information content (AvgIpc) is 3.51. The van der Waals surface area contributed by atoms with Crippen molar-refractivity contribution in [2.24, 2.45) is 5.92 Å². The zero-order valence-corrected chi connectivity index (χ0v) is 20.9. The van der Waals surface area contributed by atoms with Crippen LogP contribution in [0.2, 0.25) is 0 Å². The van der Waals surface area contributed by atoms with Crippen molar-refractivity contribution >= 4 is 6.01 Å². The normalized spacial score (nSPS) is 30.1. The first-order valence-corrected chi connectivity index (χ1v) is 13.2. The molecule has 4 aliphatic rings. The van der Waals surface area contributed by atoms with Gasteiger partial charge in [0.1, 0.15) is 17.2 Å². The lowest BCUT2D eigenvalue weighted by molar-refractivity contribution is -0.0776. The highest BCUT2D eigenvalue weighted by atomic mass is 19.1. The van der Waals surface area contributed by atoms with E-state index in [0.29, 0.717) is 18.5 Å². The van der Waals surface area contributed by atoms with Crippen LogP contribution in [0.15, 0.2) is 29.0 Å². The molecule has 0 bridgehead atoms. The monoisotopic (exact) mass is 499 g/mol. The van der Waals surface area contributed by atoms with Crippen molar-refractivity contribution in [3.63, 3.8) is 0 Å². The molecule has 2 aromatic rings. The molecule has 3 aliphatic heterocycles. The van der Waals surface area contributed by atoms with Crippen molar-refractivity contribution in [3.8, 4) is 5.75 Å². The Hall–Kier alpha value is -2.23. The minimum Gasteiger partial charge on any atom is -0.490 e. The largest absolute Gasteiger partial charge is 0.490 e. The van der Waals surface area contributed by atoms with Crippen LogP contribution in [0.4, 0.5) is 10.4 Å². The second-order valence-corrected chi connectivity index (χ2v) is 11.4. The van der Waals surface area contributed by atoms with Crippen LogP contribution in [0.25, 0.3) is 0 Å². The number of hydrogen-bond donors (Lipinski definition) is 1. The average molecular weight is 500 g/mol. The summed E-state index contributed by atoms with van der Waals surface area (Å²) < 4.78 is 32.1. The van der Waals surface area contributed by atoms with Gasteiger partial charge < -0.3 is 23.9 Å². The molecule has 1 aromatic carbocycles. The Morgan fingerprint density at radius 3 is 2.75 bits per heavy atom. The van der Waals surface area contributed by atoms with Gasteiger partial charge in [-0.1, -0.05) is 12.0 Å². The lowest BCUT2D eigenvalue weighted by Gasteiger charge is -2.46. The first kappa shape index (κ1) is 24.1. The topological polar surface area (TPSA) is 84.1 Å². The minimum atomic E-state index is -0.745. The van der Waals surface area contributed by atoms with E-state index in [4.69, 9.17) is 13.9 Å². The highest BCUT2D eigenvalue weighted by molar-refractivity contribution is 5.38. The maximum Gasteiger partial charge on any atom is 0.318 e. The van der Waals surface area contributed by atoms with E-state index < -0.39 is 5.60 Å². The van der Waals surface area contributed by atoms with Gasteiger partial charge >= 0.3 is 6.01 Å². The summed E-state index contributed by atoms with van der Waals surface area (Å²) in [7, 11) is 0. The molecule has 3 saturated heterocycles. The fourth-order valence-electron chi connectivity index (χ4n) is 6.44. The number of rotatable bonds is 7. The van der Waals surface area contributed by atoms with Gasteiger partial charge in [-0.15, -0.1) is 5.10 Å². The second-order valence-electron chi connectivity index (χ2n) is 11.4. The van der Waals surface area contributed by atoms with Crippen LogP contribution < -0.4 is 9.64 Å². The minimum absolute atomic E-state index is 0.0679. The molecule has 195 valence electrons. The highest BCUT2D eigenvalue weighted by Gasteiger charge is 2.52. The van der Waals surface area contributed by atoms with Crippen LogP contribution in [0, 0.1) is 18.7 Å². The number of aliphatic hydroxyl groups is 1. The molecule has 1 aliphatic carbocycles. The number of aromatic nitrogens is 2. The van der Waals surface area contributed by atoms with Gasteiger partial charge in [-0.05, 0) is 88.6 Å². The summed E-state index contributed by atoms with van der Waals surface area (Å²) in [5.74, 6) is 1.07. The van der Waals surface area contributed by atoms with Crippen molar-refractivity contribution in [3.05, 3.63) is 42.9 Å². The highest BCUT2D eigenvalue weighted by Crippen LogP contribution is 2.44. The maximum absolute atomic E-state index is 14.2. The number of anilines is 1. The lowest BCUT2D eigenvalue weighted by Crippen LogP contribution is -2.62. The zero-order chi connectivity index (χ0) is 24.9. The van der Waals surface area contributed by atoms with Crippen molar-refractivity contribution < 1.29 is 23.4 Å². The van der Waals surface area contributed by atoms with Gasteiger partial charge in [-0.3, -0.25) is 4.90 Å². The molecule has 1 spiro atoms. The van der Waals surface area contributed by atoms with E-state index in [1.165, 1.54) is 12.5 Å². The van der Waals surface area contributed by atoms with Gasteiger partial charge in [0.25, 0.3) is 0 Å². The third-order valence-corrected chi connectivity index (χ3v) is 9.00. The molecule has 1 aromatic heterocycles. The van der Waals surface area contributed by atoms with Crippen molar-refractivity contribution in [2.45, 2.75) is 74.7 Å². The fraction of sp³-hybridized carbons (Fsp3) is 0.667. The van der Waals surface area contributed by atoms with Crippen LogP contribution in [0.1, 0.15) is 56.9 Å². The molecule has 4 heterocycles. The molecular formula is C27H36FN4O4. The Bertz CT molecular complexity index is 1040. The van der Waals surface area contributed by atoms with E-state index in [9.17, 15) is 9.50 Å². The molecule has 9 heteroatoms. The molecule has 0 amide bonds. The number of nitrogens with zero attached hydrogens (tertiary/aromatic N) is 4. The Labute approximate surface area is 211 Å². The third-order valence-electron chi connectivity index (χ3n) is 9.00. The van der Waals surface area contributed by atoms with Gasteiger partial charge in [0.05, 0.1) is 31.4 Å². The van der Waals surface area contributed by atoms with Crippen molar-refractivity contribution in [1.82, 2.24) is 15.1 Å². The number of benzene rings is 1. The molecule has 1 N–H and O–H groups in total. The van der Waals surface area contributed by atoms with Crippen LogP contribution >= 0.6 is 0 Å². The summed E-state index contributed by atoms with van der Waals surface area (Å²) in [5, 5.41) is 18.2. The van der Waals surface area contributed by atoms with Gasteiger partial charge in [0.15, 0.2) is 0 Å². The predicted molar refractivity (Wildman–Crippen MR) is 131 cm³/mol. The first-order chi connectivity index (χ1) is 17.3. The summed E-state index contributed by atoms with van der Waals surface area (Å²) in [4.78, 5) is 4.61. The van der Waals surface area contributed by atoms with E-state index in [-0.39, 0.29) is 29.4 Å². The lowest BCUT2D eigenvalue weighted by atomic mass is 9.70. The number of likely N-dealkylation sites (tertiary alicyclic amines) is 1. The first-order valence-electron chi connectivity index (χ1n) is 13.2. The number of ether oxygens (including phenoxy) is 2. The van der Waals surface area contributed by atoms with Crippen LogP contribution in [0.3, 0.4) is 0 Å². The standard InChI is InChI=1S/C27H36FN4O4/c1-3-26(2,33)19-10-22(11-19)36-24-5-4-20(28)12-23(24)18-6-8-31(9-7-18)21-13-27(35-14-21)15-32(16-27)25-30-29-17-34-25/h4-5,12,17-19,21-22,33H,1,3,6-11,13-16H2,2H3/t19?,21-,22?,26-/m0/s1. The Kier molecular flexibility index (Phi) is 6.20. The van der Waals surface area contributed by atoms with Gasteiger partial charge in [0.2, 0.25) is 6.39 Å². The van der Waals surface area contributed by atoms with Gasteiger partial charge in [0, 0.05) is 11.6 Å². The molecule has 6 rings (SSSR count). The van der Waals surface area contributed by atoms with E-state index in [2.05, 4.69) is 26.9 Å². The number of hydrogen-bond acceptors (Lipinski definition) is 8. The summed E-state index contributed by atoms with van der Waals surface area (Å²) in [5.41, 5.74) is 0.125. The van der Waals surface area contributed by atoms with E-state index in [1.54, 1.807) is 12.1 Å². The van der Waals surface area contributed by atoms with Crippen molar-refractivity contribution in [1.29, 1.82) is 0 Å². The van der Waals surface area contributed by atoms with E-state index >= 15 is 0 Å². The third kappa shape index (κ3) is 4.50. The van der Waals surface area contributed by atoms with Crippen LogP contribution in [-0.4, -0.2) is 76.3 Å². The quantitative estimate of drug-likeness (QED) is 0.619. The Morgan fingerprint density at radius 1 is 1.28 bits per heavy atom. The van der Waals surface area contributed by atoms with Crippen LogP contribution in [0.5, 0.6) is 5.75 Å². The number of halogens is 1. The van der Waals surface area contributed by atoms with Crippen LogP contribution in [-0.2, 0) is 4.74 Å². The Balaban J connectivity index is 1.03. The van der Waals surface area contributed by atoms with E-state index in [0.717, 1.165) is 76.2 Å². The fourth-order valence-corrected chi connectivity index (χ4v) is 6.44. The molecule has 1 radical (unpaired) electrons. The summed E-state index contributed by atoms with van der Waals surface area (Å²) in [6.07, 6.45) is 6.50. The van der Waals surface area contributed by atoms with Crippen molar-refractivity contribution in [2.75, 3.05) is 37.7 Å². The SMILES string of the molecule is [CH2]C[C@](C)(O)C1CC(Oc2ccc(F)cc2C2CCN([C@@H]3COC4(C3)CN(c3nnco3)C4)CC2)C1. The molecule has 8 nitrogen and oxygen atoms in total. The zero-order valence-electron chi connectivity index (χ0n) is 20.9. The van der Waals surface area contributed by atoms with E-state index in [1.807, 2.05) is 6.92 Å². The molecular weight excluding hydrogens is 463 g/mol.